The molecule has 0 radical (unpaired) electrons. The van der Waals surface area contributed by atoms with Crippen LogP contribution in [0.25, 0.3) is 0 Å². The van der Waals surface area contributed by atoms with Crippen molar-refractivity contribution in [2.75, 3.05) is 0 Å². The van der Waals surface area contributed by atoms with E-state index in [9.17, 15) is 9.90 Å². The molecule has 0 aromatic carbocycles. The van der Waals surface area contributed by atoms with Crippen molar-refractivity contribution in [1.82, 2.24) is 0 Å². The third-order valence-corrected chi connectivity index (χ3v) is 3.61. The number of hydrogen-bond donors (Lipinski definition) is 1. The molecule has 1 N–H and O–H groups in total. The smallest absolute Gasteiger partial charge is 0.152 e. The maximum absolute atomic E-state index is 10.9. The standard InChI is InChI=1S/C12H18O3/c1-8(13)4-5-12-10(15-12)6-9(14)7-11(12,2)3/h4-5,9-10,14H,6-7H2,1-3H3/b5-4+/t9-,10+,12-/m1/s1. The van der Waals surface area contributed by atoms with Gasteiger partial charge in [-0.15, -0.1) is 0 Å². The van der Waals surface area contributed by atoms with Crippen molar-refractivity contribution in [1.29, 1.82) is 0 Å². The number of epoxide rings is 1. The predicted molar refractivity (Wildman–Crippen MR) is 56.4 cm³/mol. The molecule has 0 amide bonds. The molecule has 0 aromatic rings. The highest BCUT2D eigenvalue weighted by molar-refractivity contribution is 5.87. The molecule has 0 aromatic heterocycles. The van der Waals surface area contributed by atoms with Gasteiger partial charge < -0.3 is 9.84 Å². The molecular weight excluding hydrogens is 192 g/mol. The minimum Gasteiger partial charge on any atom is -0.393 e. The fourth-order valence-electron chi connectivity index (χ4n) is 2.71. The lowest BCUT2D eigenvalue weighted by molar-refractivity contribution is -0.112. The van der Waals surface area contributed by atoms with E-state index in [1.165, 1.54) is 6.92 Å². The Morgan fingerprint density at radius 3 is 2.73 bits per heavy atom. The number of fused-ring (bicyclic) bond motifs is 1. The maximum Gasteiger partial charge on any atom is 0.152 e. The molecule has 2 rings (SSSR count). The van der Waals surface area contributed by atoms with Crippen LogP contribution in [0.2, 0.25) is 0 Å². The second-order valence-electron chi connectivity index (χ2n) is 5.32. The molecule has 84 valence electrons. The molecule has 1 heterocycles. The molecule has 1 aliphatic carbocycles. The summed E-state index contributed by atoms with van der Waals surface area (Å²) in [5, 5.41) is 9.66. The number of aliphatic hydroxyl groups is 1. The molecule has 1 aliphatic heterocycles. The molecule has 1 saturated heterocycles. The van der Waals surface area contributed by atoms with Crippen molar-refractivity contribution >= 4 is 5.78 Å². The van der Waals surface area contributed by atoms with E-state index in [0.29, 0.717) is 6.42 Å². The Hall–Kier alpha value is -0.670. The summed E-state index contributed by atoms with van der Waals surface area (Å²) in [6.07, 6.45) is 4.70. The Kier molecular flexibility index (Phi) is 2.28. The Bertz CT molecular complexity index is 319. The van der Waals surface area contributed by atoms with Gasteiger partial charge >= 0.3 is 0 Å². The zero-order valence-corrected chi connectivity index (χ0v) is 9.49. The highest BCUT2D eigenvalue weighted by atomic mass is 16.6. The van der Waals surface area contributed by atoms with Crippen LogP contribution in [0.1, 0.15) is 33.6 Å². The Labute approximate surface area is 90.1 Å². The van der Waals surface area contributed by atoms with Gasteiger partial charge in [0.1, 0.15) is 5.60 Å². The van der Waals surface area contributed by atoms with Crippen molar-refractivity contribution in [3.63, 3.8) is 0 Å². The lowest BCUT2D eigenvalue weighted by atomic mass is 9.67. The second-order valence-corrected chi connectivity index (χ2v) is 5.32. The summed E-state index contributed by atoms with van der Waals surface area (Å²) in [6, 6.07) is 0. The van der Waals surface area contributed by atoms with Crippen molar-refractivity contribution in [2.45, 2.75) is 51.4 Å². The lowest BCUT2D eigenvalue weighted by Gasteiger charge is -2.36. The van der Waals surface area contributed by atoms with Crippen LogP contribution in [-0.2, 0) is 9.53 Å². The number of ether oxygens (including phenoxy) is 1. The van der Waals surface area contributed by atoms with Crippen molar-refractivity contribution in [2.24, 2.45) is 5.41 Å². The second kappa shape index (κ2) is 3.16. The first-order valence-corrected chi connectivity index (χ1v) is 5.43. The van der Waals surface area contributed by atoms with E-state index < -0.39 is 0 Å². The summed E-state index contributed by atoms with van der Waals surface area (Å²) in [5.41, 5.74) is -0.404. The number of carbonyl (C=O) groups excluding carboxylic acids is 1. The van der Waals surface area contributed by atoms with E-state index in [-0.39, 0.29) is 29.0 Å². The predicted octanol–water partition coefficient (Wildman–Crippen LogP) is 1.45. The number of hydrogen-bond acceptors (Lipinski definition) is 3. The topological polar surface area (TPSA) is 49.8 Å². The van der Waals surface area contributed by atoms with E-state index in [0.717, 1.165) is 6.42 Å². The molecule has 3 atom stereocenters. The van der Waals surface area contributed by atoms with E-state index in [2.05, 4.69) is 13.8 Å². The third kappa shape index (κ3) is 1.64. The van der Waals surface area contributed by atoms with Crippen LogP contribution in [0.5, 0.6) is 0 Å². The molecule has 15 heavy (non-hydrogen) atoms. The summed E-state index contributed by atoms with van der Waals surface area (Å²) >= 11 is 0. The Morgan fingerprint density at radius 1 is 1.53 bits per heavy atom. The average molecular weight is 210 g/mol. The molecule has 3 heteroatoms. The van der Waals surface area contributed by atoms with Gasteiger partial charge in [-0.3, -0.25) is 4.79 Å². The number of aliphatic hydroxyl groups excluding tert-OH is 1. The van der Waals surface area contributed by atoms with E-state index >= 15 is 0 Å². The summed E-state index contributed by atoms with van der Waals surface area (Å²) in [7, 11) is 0. The van der Waals surface area contributed by atoms with Gasteiger partial charge in [0.2, 0.25) is 0 Å². The van der Waals surface area contributed by atoms with Crippen LogP contribution in [-0.4, -0.2) is 28.7 Å². The molecule has 0 bridgehead atoms. The normalized spacial score (nSPS) is 42.7. The van der Waals surface area contributed by atoms with Gasteiger partial charge in [0, 0.05) is 11.8 Å². The van der Waals surface area contributed by atoms with Gasteiger partial charge in [-0.1, -0.05) is 13.8 Å². The van der Waals surface area contributed by atoms with Crippen LogP contribution >= 0.6 is 0 Å². The van der Waals surface area contributed by atoms with Crippen LogP contribution in [0.3, 0.4) is 0 Å². The van der Waals surface area contributed by atoms with Crippen molar-refractivity contribution < 1.29 is 14.6 Å². The van der Waals surface area contributed by atoms with E-state index in [4.69, 9.17) is 4.74 Å². The molecular formula is C12H18O3. The molecule has 1 saturated carbocycles. The van der Waals surface area contributed by atoms with Crippen molar-refractivity contribution in [3.05, 3.63) is 12.2 Å². The van der Waals surface area contributed by atoms with Crippen LogP contribution < -0.4 is 0 Å². The van der Waals surface area contributed by atoms with Gasteiger partial charge in [0.25, 0.3) is 0 Å². The summed E-state index contributed by atoms with van der Waals surface area (Å²) in [6.45, 7) is 5.70. The van der Waals surface area contributed by atoms with Crippen molar-refractivity contribution in [3.8, 4) is 0 Å². The Balaban J connectivity index is 2.20. The summed E-state index contributed by atoms with van der Waals surface area (Å²) in [5.74, 6) is 0.0422. The number of allylic oxidation sites excluding steroid dienone is 1. The van der Waals surface area contributed by atoms with Crippen LogP contribution in [0.4, 0.5) is 0 Å². The van der Waals surface area contributed by atoms with Crippen LogP contribution in [0, 0.1) is 5.41 Å². The molecule has 0 spiro atoms. The first kappa shape index (κ1) is 10.8. The molecule has 0 unspecified atom stereocenters. The Morgan fingerprint density at radius 2 is 2.20 bits per heavy atom. The number of rotatable bonds is 2. The maximum atomic E-state index is 10.9. The quantitative estimate of drug-likeness (QED) is 0.554. The van der Waals surface area contributed by atoms with Gasteiger partial charge in [-0.2, -0.15) is 0 Å². The molecule has 2 aliphatic rings. The van der Waals surface area contributed by atoms with Gasteiger partial charge in [0.15, 0.2) is 5.78 Å². The monoisotopic (exact) mass is 210 g/mol. The fraction of sp³-hybridized carbons (Fsp3) is 0.750. The number of carbonyl (C=O) groups is 1. The van der Waals surface area contributed by atoms with Gasteiger partial charge in [0.05, 0.1) is 12.2 Å². The van der Waals surface area contributed by atoms with Crippen LogP contribution in [0.15, 0.2) is 12.2 Å². The largest absolute Gasteiger partial charge is 0.393 e. The van der Waals surface area contributed by atoms with E-state index in [1.807, 2.05) is 6.08 Å². The SMILES string of the molecule is CC(=O)/C=C/[C@@]12O[C@H]1C[C@@H](O)CC2(C)C. The number of ketones is 1. The van der Waals surface area contributed by atoms with Gasteiger partial charge in [-0.25, -0.2) is 0 Å². The first-order valence-electron chi connectivity index (χ1n) is 5.43. The first-order chi connectivity index (χ1) is 6.87. The minimum absolute atomic E-state index is 0.0422. The average Bonchev–Trinajstić information content (AvgIpc) is 2.75. The van der Waals surface area contributed by atoms with E-state index in [1.54, 1.807) is 6.08 Å². The third-order valence-electron chi connectivity index (χ3n) is 3.61. The highest BCUT2D eigenvalue weighted by Crippen LogP contribution is 2.58. The summed E-state index contributed by atoms with van der Waals surface area (Å²) < 4.78 is 5.70. The summed E-state index contributed by atoms with van der Waals surface area (Å²) in [4.78, 5) is 10.9. The highest BCUT2D eigenvalue weighted by Gasteiger charge is 2.66. The zero-order chi connectivity index (χ0) is 11.3. The fourth-order valence-corrected chi connectivity index (χ4v) is 2.71. The lowest BCUT2D eigenvalue weighted by Crippen LogP contribution is -2.41. The molecule has 2 fully saturated rings. The molecule has 3 nitrogen and oxygen atoms in total. The van der Waals surface area contributed by atoms with Gasteiger partial charge in [-0.05, 0) is 25.5 Å². The zero-order valence-electron chi connectivity index (χ0n) is 9.49. The minimum atomic E-state index is -0.308.